The zero-order valence-corrected chi connectivity index (χ0v) is 15.0. The number of fused-ring (bicyclic) bond motifs is 1. The van der Waals surface area contributed by atoms with Crippen molar-refractivity contribution in [2.75, 3.05) is 45.2 Å². The number of piperazine rings is 1. The smallest absolute Gasteiger partial charge is 0.316 e. The predicted molar refractivity (Wildman–Crippen MR) is 86.2 cm³/mol. The van der Waals surface area contributed by atoms with E-state index in [1.54, 1.807) is 14.1 Å². The second kappa shape index (κ2) is 6.41. The molecule has 3 heterocycles. The quantitative estimate of drug-likeness (QED) is 0.682. The van der Waals surface area contributed by atoms with Gasteiger partial charge in [0, 0.05) is 39.3 Å². The number of likely N-dealkylation sites (N-methyl/N-ethyl adjacent to an activating group) is 1. The third-order valence-electron chi connectivity index (χ3n) is 4.71. The highest BCUT2D eigenvalue weighted by atomic mass is 32.2. The van der Waals surface area contributed by atoms with Crippen LogP contribution in [0.4, 0.5) is 0 Å². The molecule has 2 aliphatic heterocycles. The maximum absolute atomic E-state index is 12.1. The van der Waals surface area contributed by atoms with E-state index in [0.717, 1.165) is 19.6 Å². The van der Waals surface area contributed by atoms with Gasteiger partial charge in [0.1, 0.15) is 0 Å². The van der Waals surface area contributed by atoms with Crippen LogP contribution in [0.1, 0.15) is 23.4 Å². The van der Waals surface area contributed by atoms with Gasteiger partial charge >= 0.3 is 11.8 Å². The van der Waals surface area contributed by atoms with Crippen LogP contribution in [0, 0.1) is 0 Å². The highest BCUT2D eigenvalue weighted by molar-refractivity contribution is 7.91. The fourth-order valence-electron chi connectivity index (χ4n) is 3.46. The Balaban J connectivity index is 1.75. The van der Waals surface area contributed by atoms with Gasteiger partial charge < -0.3 is 9.42 Å². The normalized spacial score (nSPS) is 27.1. The number of amides is 1. The number of carbonyl (C=O) groups is 1. The number of sulfone groups is 1. The molecule has 0 N–H and O–H groups in total. The van der Waals surface area contributed by atoms with E-state index in [4.69, 9.17) is 4.52 Å². The molecule has 2 atom stereocenters. The molecule has 0 saturated carbocycles. The molecule has 0 aromatic carbocycles. The molecule has 2 saturated heterocycles. The molecular weight excluding hydrogens is 334 g/mol. The van der Waals surface area contributed by atoms with E-state index in [2.05, 4.69) is 26.9 Å². The summed E-state index contributed by atoms with van der Waals surface area (Å²) >= 11 is 0. The van der Waals surface area contributed by atoms with E-state index < -0.39 is 9.84 Å². The van der Waals surface area contributed by atoms with Crippen molar-refractivity contribution in [3.05, 3.63) is 11.7 Å². The molecule has 9 nitrogen and oxygen atoms in total. The summed E-state index contributed by atoms with van der Waals surface area (Å²) in [5.41, 5.74) is 0. The van der Waals surface area contributed by atoms with Crippen LogP contribution in [-0.4, -0.2) is 96.5 Å². The Kier molecular flexibility index (Phi) is 4.63. The molecule has 0 unspecified atom stereocenters. The van der Waals surface area contributed by atoms with Crippen LogP contribution in [0.2, 0.25) is 0 Å². The van der Waals surface area contributed by atoms with E-state index in [-0.39, 0.29) is 35.4 Å². The second-order valence-corrected chi connectivity index (χ2v) is 8.68. The Morgan fingerprint density at radius 1 is 1.25 bits per heavy atom. The van der Waals surface area contributed by atoms with E-state index in [0.29, 0.717) is 12.4 Å². The Bertz CT molecular complexity index is 717. The second-order valence-electron chi connectivity index (χ2n) is 6.53. The van der Waals surface area contributed by atoms with Gasteiger partial charge in [0.25, 0.3) is 0 Å². The first-order valence-electron chi connectivity index (χ1n) is 8.03. The van der Waals surface area contributed by atoms with Gasteiger partial charge in [-0.15, -0.1) is 0 Å². The van der Waals surface area contributed by atoms with Crippen LogP contribution < -0.4 is 0 Å². The lowest BCUT2D eigenvalue weighted by molar-refractivity contribution is 0.0418. The fraction of sp³-hybridized carbons (Fsp3) is 0.786. The van der Waals surface area contributed by atoms with E-state index >= 15 is 0 Å². The predicted octanol–water partition coefficient (Wildman–Crippen LogP) is -0.925. The lowest BCUT2D eigenvalue weighted by Gasteiger charge is -2.43. The van der Waals surface area contributed by atoms with Crippen LogP contribution >= 0.6 is 0 Å². The maximum atomic E-state index is 12.1. The molecule has 0 bridgehead atoms. The van der Waals surface area contributed by atoms with Crippen LogP contribution in [0.5, 0.6) is 0 Å². The minimum Gasteiger partial charge on any atom is -0.341 e. The fourth-order valence-corrected chi connectivity index (χ4v) is 5.51. The Morgan fingerprint density at radius 2 is 1.88 bits per heavy atom. The van der Waals surface area contributed by atoms with Gasteiger partial charge in [-0.3, -0.25) is 14.6 Å². The van der Waals surface area contributed by atoms with Crippen molar-refractivity contribution < 1.29 is 17.7 Å². The summed E-state index contributed by atoms with van der Waals surface area (Å²) in [5, 5.41) is 3.87. The van der Waals surface area contributed by atoms with Crippen molar-refractivity contribution in [3.8, 4) is 0 Å². The highest BCUT2D eigenvalue weighted by Gasteiger charge is 2.46. The van der Waals surface area contributed by atoms with Crippen molar-refractivity contribution in [3.63, 3.8) is 0 Å². The Morgan fingerprint density at radius 3 is 2.50 bits per heavy atom. The molecule has 1 aromatic rings. The van der Waals surface area contributed by atoms with Gasteiger partial charge in [0.15, 0.2) is 15.7 Å². The molecule has 0 spiro atoms. The molecule has 134 valence electrons. The third-order valence-corrected chi connectivity index (χ3v) is 6.41. The first-order valence-corrected chi connectivity index (χ1v) is 9.85. The summed E-state index contributed by atoms with van der Waals surface area (Å²) in [7, 11) is 0.206. The average molecular weight is 357 g/mol. The average Bonchev–Trinajstić information content (AvgIpc) is 3.10. The van der Waals surface area contributed by atoms with Gasteiger partial charge in [0.05, 0.1) is 18.1 Å². The number of rotatable bonds is 4. The first kappa shape index (κ1) is 17.3. The van der Waals surface area contributed by atoms with Crippen molar-refractivity contribution in [2.24, 2.45) is 0 Å². The molecule has 2 aliphatic rings. The molecular formula is C14H23N5O4S. The van der Waals surface area contributed by atoms with E-state index in [1.165, 1.54) is 4.90 Å². The molecule has 3 rings (SSSR count). The van der Waals surface area contributed by atoms with E-state index in [9.17, 15) is 13.2 Å². The molecule has 24 heavy (non-hydrogen) atoms. The minimum atomic E-state index is -3.02. The Labute approximate surface area is 141 Å². The topological polar surface area (TPSA) is 99.8 Å². The zero-order chi connectivity index (χ0) is 17.5. The highest BCUT2D eigenvalue weighted by Crippen LogP contribution is 2.27. The number of hydrogen-bond acceptors (Lipinski definition) is 8. The lowest BCUT2D eigenvalue weighted by atomic mass is 10.0. The summed E-state index contributed by atoms with van der Waals surface area (Å²) in [5.74, 6) is 0.394. The lowest BCUT2D eigenvalue weighted by Crippen LogP contribution is -2.58. The minimum absolute atomic E-state index is 0.0172. The van der Waals surface area contributed by atoms with Crippen LogP contribution in [-0.2, 0) is 16.4 Å². The third kappa shape index (κ3) is 3.31. The largest absolute Gasteiger partial charge is 0.341 e. The van der Waals surface area contributed by atoms with Crippen molar-refractivity contribution in [1.29, 1.82) is 0 Å². The summed E-state index contributed by atoms with van der Waals surface area (Å²) < 4.78 is 29.2. The van der Waals surface area contributed by atoms with Crippen molar-refractivity contribution in [1.82, 2.24) is 24.8 Å². The van der Waals surface area contributed by atoms with Gasteiger partial charge in [-0.25, -0.2) is 8.42 Å². The zero-order valence-electron chi connectivity index (χ0n) is 14.2. The number of nitrogens with zero attached hydrogens (tertiary/aromatic N) is 5. The Hall–Kier alpha value is -1.52. The van der Waals surface area contributed by atoms with Crippen LogP contribution in [0.3, 0.4) is 0 Å². The molecule has 1 aromatic heterocycles. The number of aromatic nitrogens is 2. The molecule has 0 radical (unpaired) electrons. The molecule has 2 fully saturated rings. The van der Waals surface area contributed by atoms with Crippen LogP contribution in [0.25, 0.3) is 0 Å². The van der Waals surface area contributed by atoms with Gasteiger partial charge in [-0.05, 0) is 6.54 Å². The summed E-state index contributed by atoms with van der Waals surface area (Å²) in [4.78, 5) is 21.7. The SMILES string of the molecule is CCN1CCN(Cc2noc(C(=O)N(C)C)n2)[C@H]2CS(=O)(=O)C[C@H]21. The maximum Gasteiger partial charge on any atom is 0.316 e. The summed E-state index contributed by atoms with van der Waals surface area (Å²) in [6, 6.07) is -0.0428. The van der Waals surface area contributed by atoms with E-state index in [1.807, 2.05) is 0 Å². The van der Waals surface area contributed by atoms with Gasteiger partial charge in [0.2, 0.25) is 0 Å². The molecule has 1 amide bonds. The van der Waals surface area contributed by atoms with Gasteiger partial charge in [-0.2, -0.15) is 4.98 Å². The standard InChI is InChI=1S/C14H23N5O4S/c1-4-18-5-6-19(11-9-24(21,22)8-10(11)18)7-12-15-13(23-16-12)14(20)17(2)3/h10-11H,4-9H2,1-3H3/t10-,11+/m1/s1. The van der Waals surface area contributed by atoms with Crippen molar-refractivity contribution >= 4 is 15.7 Å². The van der Waals surface area contributed by atoms with Crippen molar-refractivity contribution in [2.45, 2.75) is 25.6 Å². The summed E-state index contributed by atoms with van der Waals surface area (Å²) in [6.45, 7) is 4.84. The monoisotopic (exact) mass is 357 g/mol. The number of carbonyl (C=O) groups excluding carboxylic acids is 1. The first-order chi connectivity index (χ1) is 11.3. The summed E-state index contributed by atoms with van der Waals surface area (Å²) in [6.07, 6.45) is 0. The molecule has 10 heteroatoms. The van der Waals surface area contributed by atoms with Gasteiger partial charge in [-0.1, -0.05) is 12.1 Å². The number of hydrogen-bond donors (Lipinski definition) is 0. The molecule has 0 aliphatic carbocycles. The van der Waals surface area contributed by atoms with Crippen LogP contribution in [0.15, 0.2) is 4.52 Å².